The third-order valence-corrected chi connectivity index (χ3v) is 3.43. The van der Waals surface area contributed by atoms with E-state index in [9.17, 15) is 4.79 Å². The highest BCUT2D eigenvalue weighted by atomic mass is 35.5. The number of nitrogens with one attached hydrogen (secondary N) is 1. The third-order valence-electron chi connectivity index (χ3n) is 3.01. The standard InChI is InChI=1S/C14H21ClN2O2/c1-14(2,7-4-8-18)9-17-13(19)10-5-3-6-11(16)12(10)15/h3,5-6,18H,4,7-9,16H2,1-2H3,(H,17,19). The van der Waals surface area contributed by atoms with Crippen LogP contribution in [0.25, 0.3) is 0 Å². The summed E-state index contributed by atoms with van der Waals surface area (Å²) in [7, 11) is 0. The van der Waals surface area contributed by atoms with Crippen LogP contribution < -0.4 is 11.1 Å². The van der Waals surface area contributed by atoms with E-state index in [0.29, 0.717) is 17.8 Å². The molecule has 0 heterocycles. The number of rotatable bonds is 6. The summed E-state index contributed by atoms with van der Waals surface area (Å²) in [5.74, 6) is -0.227. The first kappa shape index (κ1) is 15.8. The van der Waals surface area contributed by atoms with E-state index >= 15 is 0 Å². The van der Waals surface area contributed by atoms with Gasteiger partial charge >= 0.3 is 0 Å². The normalized spacial score (nSPS) is 11.4. The Morgan fingerprint density at radius 1 is 1.47 bits per heavy atom. The number of carbonyl (C=O) groups excluding carboxylic acids is 1. The molecule has 1 aromatic carbocycles. The van der Waals surface area contributed by atoms with Gasteiger partial charge in [0.15, 0.2) is 0 Å². The van der Waals surface area contributed by atoms with Gasteiger partial charge in [-0.25, -0.2) is 0 Å². The monoisotopic (exact) mass is 284 g/mol. The van der Waals surface area contributed by atoms with Crippen LogP contribution in [0.1, 0.15) is 37.0 Å². The van der Waals surface area contributed by atoms with E-state index in [1.165, 1.54) is 0 Å². The Morgan fingerprint density at radius 3 is 2.79 bits per heavy atom. The zero-order chi connectivity index (χ0) is 14.5. The molecule has 5 heteroatoms. The summed E-state index contributed by atoms with van der Waals surface area (Å²) in [5, 5.41) is 12.0. The first-order valence-electron chi connectivity index (χ1n) is 6.30. The van der Waals surface area contributed by atoms with Crippen molar-refractivity contribution in [2.45, 2.75) is 26.7 Å². The topological polar surface area (TPSA) is 75.3 Å². The van der Waals surface area contributed by atoms with Crippen LogP contribution in [-0.4, -0.2) is 24.2 Å². The Morgan fingerprint density at radius 2 is 2.16 bits per heavy atom. The number of carbonyl (C=O) groups is 1. The second-order valence-electron chi connectivity index (χ2n) is 5.38. The van der Waals surface area contributed by atoms with E-state index in [1.54, 1.807) is 18.2 Å². The summed E-state index contributed by atoms with van der Waals surface area (Å²) in [6.45, 7) is 4.78. The summed E-state index contributed by atoms with van der Waals surface area (Å²) < 4.78 is 0. The van der Waals surface area contributed by atoms with Crippen molar-refractivity contribution in [2.75, 3.05) is 18.9 Å². The highest BCUT2D eigenvalue weighted by Crippen LogP contribution is 2.24. The molecule has 0 fully saturated rings. The zero-order valence-electron chi connectivity index (χ0n) is 11.4. The molecule has 0 bridgehead atoms. The molecular weight excluding hydrogens is 264 g/mol. The summed E-state index contributed by atoms with van der Waals surface area (Å²) in [5.41, 5.74) is 6.39. The van der Waals surface area contributed by atoms with Gasteiger partial charge in [-0.15, -0.1) is 0 Å². The summed E-state index contributed by atoms with van der Waals surface area (Å²) >= 11 is 6.00. The maximum Gasteiger partial charge on any atom is 0.252 e. The third kappa shape index (κ3) is 4.73. The number of hydrogen-bond donors (Lipinski definition) is 3. The Bertz CT molecular complexity index is 447. The Kier molecular flexibility index (Phi) is 5.63. The van der Waals surface area contributed by atoms with Crippen LogP contribution in [0.5, 0.6) is 0 Å². The number of aliphatic hydroxyl groups is 1. The van der Waals surface area contributed by atoms with Gasteiger partial charge in [-0.2, -0.15) is 0 Å². The minimum Gasteiger partial charge on any atom is -0.398 e. The second kappa shape index (κ2) is 6.78. The number of hydrogen-bond acceptors (Lipinski definition) is 3. The quantitative estimate of drug-likeness (QED) is 0.702. The number of nitrogen functional groups attached to an aromatic ring is 1. The lowest BCUT2D eigenvalue weighted by atomic mass is 9.88. The maximum absolute atomic E-state index is 12.0. The van der Waals surface area contributed by atoms with Crippen molar-refractivity contribution in [3.63, 3.8) is 0 Å². The highest BCUT2D eigenvalue weighted by Gasteiger charge is 2.20. The number of aliphatic hydroxyl groups excluding tert-OH is 1. The molecular formula is C14H21ClN2O2. The first-order chi connectivity index (χ1) is 8.87. The van der Waals surface area contributed by atoms with E-state index in [2.05, 4.69) is 5.32 Å². The molecule has 0 aliphatic rings. The molecule has 0 atom stereocenters. The van der Waals surface area contributed by atoms with E-state index < -0.39 is 0 Å². The van der Waals surface area contributed by atoms with Gasteiger partial charge in [-0.3, -0.25) is 4.79 Å². The van der Waals surface area contributed by atoms with Gasteiger partial charge in [0.25, 0.3) is 5.91 Å². The molecule has 19 heavy (non-hydrogen) atoms. The predicted molar refractivity (Wildman–Crippen MR) is 78.3 cm³/mol. The fourth-order valence-electron chi connectivity index (χ4n) is 1.79. The molecule has 0 spiro atoms. The summed E-state index contributed by atoms with van der Waals surface area (Å²) in [4.78, 5) is 12.0. The van der Waals surface area contributed by atoms with Crippen LogP contribution in [-0.2, 0) is 0 Å². The van der Waals surface area contributed by atoms with Crippen LogP contribution in [0, 0.1) is 5.41 Å². The molecule has 1 amide bonds. The van der Waals surface area contributed by atoms with E-state index in [-0.39, 0.29) is 23.0 Å². The molecule has 0 aliphatic heterocycles. The maximum atomic E-state index is 12.0. The van der Waals surface area contributed by atoms with E-state index in [0.717, 1.165) is 12.8 Å². The van der Waals surface area contributed by atoms with Gasteiger partial charge in [-0.05, 0) is 30.4 Å². The van der Waals surface area contributed by atoms with E-state index in [1.807, 2.05) is 13.8 Å². The smallest absolute Gasteiger partial charge is 0.252 e. The first-order valence-corrected chi connectivity index (χ1v) is 6.68. The SMILES string of the molecule is CC(C)(CCCO)CNC(=O)c1cccc(N)c1Cl. The molecule has 0 unspecified atom stereocenters. The van der Waals surface area contributed by atoms with Gasteiger partial charge in [0.2, 0.25) is 0 Å². The number of amides is 1. The lowest BCUT2D eigenvalue weighted by molar-refractivity contribution is 0.0933. The van der Waals surface area contributed by atoms with Crippen molar-refractivity contribution in [1.29, 1.82) is 0 Å². The molecule has 106 valence electrons. The Hall–Kier alpha value is -1.26. The molecule has 0 radical (unpaired) electrons. The number of halogens is 1. The van der Waals surface area contributed by atoms with Crippen molar-refractivity contribution >= 4 is 23.2 Å². The van der Waals surface area contributed by atoms with Crippen LogP contribution in [0.4, 0.5) is 5.69 Å². The van der Waals surface area contributed by atoms with Gasteiger partial charge in [-0.1, -0.05) is 31.5 Å². The molecule has 0 aliphatic carbocycles. The van der Waals surface area contributed by atoms with Crippen molar-refractivity contribution in [3.8, 4) is 0 Å². The van der Waals surface area contributed by atoms with Gasteiger partial charge in [0.05, 0.1) is 16.3 Å². The minimum absolute atomic E-state index is 0.0643. The Labute approximate surface area is 118 Å². The van der Waals surface area contributed by atoms with Crippen molar-refractivity contribution in [3.05, 3.63) is 28.8 Å². The van der Waals surface area contributed by atoms with Crippen molar-refractivity contribution in [1.82, 2.24) is 5.32 Å². The highest BCUT2D eigenvalue weighted by molar-refractivity contribution is 6.36. The van der Waals surface area contributed by atoms with Crippen molar-refractivity contribution < 1.29 is 9.90 Å². The van der Waals surface area contributed by atoms with Crippen LogP contribution in [0.2, 0.25) is 5.02 Å². The number of nitrogens with two attached hydrogens (primary N) is 1. The number of benzene rings is 1. The lowest BCUT2D eigenvalue weighted by Crippen LogP contribution is -2.34. The molecule has 0 saturated heterocycles. The van der Waals surface area contributed by atoms with Gasteiger partial charge < -0.3 is 16.2 Å². The largest absolute Gasteiger partial charge is 0.398 e. The fourth-order valence-corrected chi connectivity index (χ4v) is 2.00. The summed E-state index contributed by atoms with van der Waals surface area (Å²) in [6, 6.07) is 5.01. The van der Waals surface area contributed by atoms with Gasteiger partial charge in [0.1, 0.15) is 0 Å². The average molecular weight is 285 g/mol. The molecule has 4 N–H and O–H groups in total. The summed E-state index contributed by atoms with van der Waals surface area (Å²) in [6.07, 6.45) is 1.57. The predicted octanol–water partition coefficient (Wildman–Crippen LogP) is 2.45. The lowest BCUT2D eigenvalue weighted by Gasteiger charge is -2.24. The van der Waals surface area contributed by atoms with Crippen LogP contribution >= 0.6 is 11.6 Å². The van der Waals surface area contributed by atoms with Crippen LogP contribution in [0.15, 0.2) is 18.2 Å². The fraction of sp³-hybridized carbons (Fsp3) is 0.500. The zero-order valence-corrected chi connectivity index (χ0v) is 12.1. The molecule has 1 rings (SSSR count). The average Bonchev–Trinajstić information content (AvgIpc) is 2.37. The minimum atomic E-state index is -0.227. The Balaban J connectivity index is 2.63. The van der Waals surface area contributed by atoms with Gasteiger partial charge in [0, 0.05) is 13.2 Å². The molecule has 1 aromatic rings. The van der Waals surface area contributed by atoms with E-state index in [4.69, 9.17) is 22.4 Å². The van der Waals surface area contributed by atoms with Crippen molar-refractivity contribution in [2.24, 2.45) is 5.41 Å². The molecule has 0 aromatic heterocycles. The molecule has 0 saturated carbocycles. The molecule has 4 nitrogen and oxygen atoms in total. The van der Waals surface area contributed by atoms with Crippen LogP contribution in [0.3, 0.4) is 0 Å². The number of anilines is 1. The second-order valence-corrected chi connectivity index (χ2v) is 5.76.